The van der Waals surface area contributed by atoms with E-state index in [1.807, 2.05) is 31.2 Å². The zero-order valence-corrected chi connectivity index (χ0v) is 18.2. The van der Waals surface area contributed by atoms with E-state index in [0.717, 1.165) is 33.8 Å². The molecule has 0 spiro atoms. The van der Waals surface area contributed by atoms with E-state index in [2.05, 4.69) is 53.5 Å². The second-order valence-corrected chi connectivity index (χ2v) is 7.86. The Bertz CT molecular complexity index is 1210. The first-order valence-electron chi connectivity index (χ1n) is 10.3. The van der Waals surface area contributed by atoms with Crippen molar-refractivity contribution in [3.8, 4) is 16.9 Å². The molecule has 2 heterocycles. The quantitative estimate of drug-likeness (QED) is 0.494. The number of aryl methyl sites for hydroxylation is 1. The van der Waals surface area contributed by atoms with Crippen LogP contribution in [-0.4, -0.2) is 27.6 Å². The average molecular weight is 415 g/mol. The molecule has 1 N–H and O–H groups in total. The third-order valence-corrected chi connectivity index (χ3v) is 5.51. The molecule has 0 fully saturated rings. The first kappa shape index (κ1) is 20.6. The predicted octanol–water partition coefficient (Wildman–Crippen LogP) is 4.77. The van der Waals surface area contributed by atoms with Crippen molar-refractivity contribution in [2.75, 3.05) is 7.11 Å². The number of aromatic nitrogens is 3. The van der Waals surface area contributed by atoms with Gasteiger partial charge in [0.15, 0.2) is 5.65 Å². The third-order valence-electron chi connectivity index (χ3n) is 5.51. The van der Waals surface area contributed by atoms with E-state index < -0.39 is 0 Å². The van der Waals surface area contributed by atoms with Crippen molar-refractivity contribution in [2.45, 2.75) is 33.2 Å². The number of carbonyl (C=O) groups excluding carboxylic acids is 1. The second-order valence-electron chi connectivity index (χ2n) is 7.86. The Morgan fingerprint density at radius 3 is 2.42 bits per heavy atom. The summed E-state index contributed by atoms with van der Waals surface area (Å²) in [5.41, 5.74) is 6.29. The minimum Gasteiger partial charge on any atom is -0.497 e. The minimum atomic E-state index is -0.180. The molecule has 1 amide bonds. The smallest absolute Gasteiger partial charge is 0.254 e. The summed E-state index contributed by atoms with van der Waals surface area (Å²) in [5.74, 6) is 1.09. The van der Waals surface area contributed by atoms with Crippen LogP contribution in [-0.2, 0) is 6.54 Å². The van der Waals surface area contributed by atoms with E-state index in [-0.39, 0.29) is 5.91 Å². The van der Waals surface area contributed by atoms with Crippen molar-refractivity contribution < 1.29 is 9.53 Å². The van der Waals surface area contributed by atoms with Gasteiger partial charge in [-0.1, -0.05) is 50.2 Å². The van der Waals surface area contributed by atoms with Crippen molar-refractivity contribution in [1.82, 2.24) is 19.9 Å². The highest BCUT2D eigenvalue weighted by atomic mass is 16.5. The van der Waals surface area contributed by atoms with Crippen LogP contribution in [0.15, 0.2) is 60.9 Å². The Labute approximate surface area is 181 Å². The zero-order valence-electron chi connectivity index (χ0n) is 18.2. The molecule has 0 atom stereocenters. The normalized spacial score (nSPS) is 11.1. The van der Waals surface area contributed by atoms with Gasteiger partial charge in [0.05, 0.1) is 24.6 Å². The first-order valence-corrected chi connectivity index (χ1v) is 10.3. The number of rotatable bonds is 6. The summed E-state index contributed by atoms with van der Waals surface area (Å²) in [7, 11) is 1.63. The Morgan fingerprint density at radius 2 is 1.77 bits per heavy atom. The molecule has 6 nitrogen and oxygen atoms in total. The maximum absolute atomic E-state index is 12.8. The van der Waals surface area contributed by atoms with Gasteiger partial charge in [-0.25, -0.2) is 9.50 Å². The van der Waals surface area contributed by atoms with Gasteiger partial charge in [-0.15, -0.1) is 0 Å². The van der Waals surface area contributed by atoms with E-state index in [0.29, 0.717) is 18.0 Å². The summed E-state index contributed by atoms with van der Waals surface area (Å²) in [6.45, 7) is 6.66. The number of ether oxygens (including phenoxy) is 1. The molecule has 31 heavy (non-hydrogen) atoms. The van der Waals surface area contributed by atoms with Gasteiger partial charge in [-0.2, -0.15) is 5.10 Å². The van der Waals surface area contributed by atoms with Gasteiger partial charge < -0.3 is 10.1 Å². The standard InChI is InChI=1S/C25H26N4O2/c1-16(2)19-7-9-20(10-8-19)23-15-28-29-17(3)22(14-26-24(23)29)25(30)27-13-18-5-11-21(31-4)12-6-18/h5-12,14-16H,13H2,1-4H3,(H,27,30). The van der Waals surface area contributed by atoms with Crippen LogP contribution in [0.3, 0.4) is 0 Å². The van der Waals surface area contributed by atoms with Gasteiger partial charge in [-0.3, -0.25) is 4.79 Å². The lowest BCUT2D eigenvalue weighted by Gasteiger charge is -2.10. The summed E-state index contributed by atoms with van der Waals surface area (Å²) in [6, 6.07) is 16.1. The molecule has 0 bridgehead atoms. The Kier molecular flexibility index (Phi) is 5.71. The average Bonchev–Trinajstić information content (AvgIpc) is 3.23. The van der Waals surface area contributed by atoms with Crippen molar-refractivity contribution in [2.24, 2.45) is 0 Å². The summed E-state index contributed by atoms with van der Waals surface area (Å²) >= 11 is 0. The van der Waals surface area contributed by atoms with Crippen LogP contribution >= 0.6 is 0 Å². The fraction of sp³-hybridized carbons (Fsp3) is 0.240. The molecule has 2 aromatic carbocycles. The first-order chi connectivity index (χ1) is 15.0. The number of amides is 1. The summed E-state index contributed by atoms with van der Waals surface area (Å²) < 4.78 is 6.90. The second kappa shape index (κ2) is 8.60. The molecule has 6 heteroatoms. The Hall–Kier alpha value is -3.67. The van der Waals surface area contributed by atoms with Crippen LogP contribution in [0.1, 0.15) is 46.9 Å². The number of methoxy groups -OCH3 is 1. The minimum absolute atomic E-state index is 0.180. The maximum atomic E-state index is 12.8. The van der Waals surface area contributed by atoms with Crippen LogP contribution in [0.2, 0.25) is 0 Å². The van der Waals surface area contributed by atoms with Crippen molar-refractivity contribution in [3.63, 3.8) is 0 Å². The lowest BCUT2D eigenvalue weighted by molar-refractivity contribution is 0.0949. The fourth-order valence-corrected chi connectivity index (χ4v) is 3.54. The molecule has 0 saturated carbocycles. The molecule has 158 valence electrons. The Morgan fingerprint density at radius 1 is 1.06 bits per heavy atom. The third kappa shape index (κ3) is 4.14. The van der Waals surface area contributed by atoms with E-state index in [4.69, 9.17) is 4.74 Å². The molecule has 2 aromatic heterocycles. The maximum Gasteiger partial charge on any atom is 0.254 e. The van der Waals surface area contributed by atoms with Crippen LogP contribution < -0.4 is 10.1 Å². The lowest BCUT2D eigenvalue weighted by Crippen LogP contribution is -2.24. The molecule has 0 aliphatic heterocycles. The van der Waals surface area contributed by atoms with E-state index in [9.17, 15) is 4.79 Å². The number of carbonyl (C=O) groups is 1. The highest BCUT2D eigenvalue weighted by Crippen LogP contribution is 2.26. The van der Waals surface area contributed by atoms with Gasteiger partial charge in [0, 0.05) is 18.3 Å². The molecule has 4 rings (SSSR count). The number of benzene rings is 2. The molecule has 0 aliphatic rings. The number of fused-ring (bicyclic) bond motifs is 1. The molecular formula is C25H26N4O2. The van der Waals surface area contributed by atoms with Crippen LogP contribution in [0.4, 0.5) is 0 Å². The monoisotopic (exact) mass is 414 g/mol. The van der Waals surface area contributed by atoms with Gasteiger partial charge in [-0.05, 0) is 41.7 Å². The molecular weight excluding hydrogens is 388 g/mol. The van der Waals surface area contributed by atoms with Gasteiger partial charge >= 0.3 is 0 Å². The van der Waals surface area contributed by atoms with Crippen molar-refractivity contribution >= 4 is 11.6 Å². The number of nitrogens with zero attached hydrogens (tertiary/aromatic N) is 3. The lowest BCUT2D eigenvalue weighted by atomic mass is 10.00. The number of hydrogen-bond acceptors (Lipinski definition) is 4. The van der Waals surface area contributed by atoms with Crippen molar-refractivity contribution in [1.29, 1.82) is 0 Å². The van der Waals surface area contributed by atoms with Crippen LogP contribution in [0.5, 0.6) is 5.75 Å². The SMILES string of the molecule is COc1ccc(CNC(=O)c2cnc3c(-c4ccc(C(C)C)cc4)cnn3c2C)cc1. The van der Waals surface area contributed by atoms with Crippen LogP contribution in [0, 0.1) is 6.92 Å². The topological polar surface area (TPSA) is 68.5 Å². The number of nitrogens with one attached hydrogen (secondary N) is 1. The predicted molar refractivity (Wildman–Crippen MR) is 121 cm³/mol. The molecule has 0 radical (unpaired) electrons. The largest absolute Gasteiger partial charge is 0.497 e. The molecule has 0 saturated heterocycles. The summed E-state index contributed by atoms with van der Waals surface area (Å²) in [5, 5.41) is 7.45. The zero-order chi connectivity index (χ0) is 22.0. The van der Waals surface area contributed by atoms with Gasteiger partial charge in [0.2, 0.25) is 0 Å². The van der Waals surface area contributed by atoms with Crippen LogP contribution in [0.25, 0.3) is 16.8 Å². The fourth-order valence-electron chi connectivity index (χ4n) is 3.54. The number of hydrogen-bond donors (Lipinski definition) is 1. The highest BCUT2D eigenvalue weighted by molar-refractivity contribution is 5.95. The molecule has 0 aliphatic carbocycles. The van der Waals surface area contributed by atoms with E-state index >= 15 is 0 Å². The van der Waals surface area contributed by atoms with E-state index in [1.165, 1.54) is 5.56 Å². The summed E-state index contributed by atoms with van der Waals surface area (Å²) in [4.78, 5) is 17.3. The molecule has 4 aromatic rings. The summed E-state index contributed by atoms with van der Waals surface area (Å²) in [6.07, 6.45) is 3.43. The Balaban J connectivity index is 1.55. The van der Waals surface area contributed by atoms with Gasteiger partial charge in [0.25, 0.3) is 5.91 Å². The van der Waals surface area contributed by atoms with E-state index in [1.54, 1.807) is 24.0 Å². The van der Waals surface area contributed by atoms with Gasteiger partial charge in [0.1, 0.15) is 5.75 Å². The molecule has 0 unspecified atom stereocenters. The van der Waals surface area contributed by atoms with Crippen molar-refractivity contribution in [3.05, 3.63) is 83.3 Å². The highest BCUT2D eigenvalue weighted by Gasteiger charge is 2.16.